The summed E-state index contributed by atoms with van der Waals surface area (Å²) in [5.74, 6) is -1.32. The van der Waals surface area contributed by atoms with Crippen molar-refractivity contribution in [1.29, 1.82) is 5.26 Å². The van der Waals surface area contributed by atoms with Gasteiger partial charge in [0.05, 0.1) is 13.0 Å². The molecule has 1 aliphatic heterocycles. The van der Waals surface area contributed by atoms with Crippen LogP contribution in [-0.2, 0) is 0 Å². The lowest BCUT2D eigenvalue weighted by Crippen LogP contribution is -2.21. The Morgan fingerprint density at radius 2 is 1.87 bits per heavy atom. The molecule has 0 bridgehead atoms. The molecule has 2 aromatic carbocycles. The van der Waals surface area contributed by atoms with E-state index in [1.807, 2.05) is 6.07 Å². The molecule has 0 fully saturated rings. The molecule has 0 aromatic heterocycles. The number of rotatable bonds is 2. The molecule has 0 saturated carbocycles. The molecule has 1 aliphatic rings. The second-order valence-corrected chi connectivity index (χ2v) is 5.03. The van der Waals surface area contributed by atoms with Crippen molar-refractivity contribution < 1.29 is 18.3 Å². The van der Waals surface area contributed by atoms with E-state index < -0.39 is 17.6 Å². The van der Waals surface area contributed by atoms with Crippen LogP contribution < -0.4 is 15.2 Å². The number of hydrogen-bond donors (Lipinski definition) is 1. The number of benzene rings is 2. The number of nitrogens with two attached hydrogens (primary N) is 1. The third kappa shape index (κ3) is 2.57. The number of methoxy groups -OCH3 is 1. The van der Waals surface area contributed by atoms with Gasteiger partial charge in [0, 0.05) is 17.7 Å². The van der Waals surface area contributed by atoms with Crippen LogP contribution in [0.2, 0.25) is 0 Å². The van der Waals surface area contributed by atoms with Gasteiger partial charge in [-0.1, -0.05) is 6.07 Å². The molecule has 1 atom stereocenters. The van der Waals surface area contributed by atoms with E-state index in [0.29, 0.717) is 17.1 Å². The second kappa shape index (κ2) is 5.61. The van der Waals surface area contributed by atoms with Crippen LogP contribution in [0.1, 0.15) is 17.0 Å². The Morgan fingerprint density at radius 3 is 2.48 bits per heavy atom. The van der Waals surface area contributed by atoms with Crippen LogP contribution in [0.25, 0.3) is 0 Å². The maximum absolute atomic E-state index is 13.6. The van der Waals surface area contributed by atoms with Crippen LogP contribution in [-0.4, -0.2) is 7.11 Å². The quantitative estimate of drug-likeness (QED) is 0.924. The third-order valence-corrected chi connectivity index (χ3v) is 3.64. The first-order valence-electron chi connectivity index (χ1n) is 6.75. The summed E-state index contributed by atoms with van der Waals surface area (Å²) in [6.45, 7) is 0. The van der Waals surface area contributed by atoms with Gasteiger partial charge in [-0.2, -0.15) is 5.26 Å². The standard InChI is InChI=1S/C17H12F2N2O2/c1-22-12-2-3-13-15(7-12)23-17(21)14(8-20)16(13)9-4-10(18)6-11(19)5-9/h2-7,16H,21H2,1H3. The molecule has 1 unspecified atom stereocenters. The molecular formula is C17H12F2N2O2. The van der Waals surface area contributed by atoms with Crippen LogP contribution in [0.3, 0.4) is 0 Å². The van der Waals surface area contributed by atoms with Gasteiger partial charge >= 0.3 is 0 Å². The minimum atomic E-state index is -0.725. The number of allylic oxidation sites excluding steroid dienone is 1. The van der Waals surface area contributed by atoms with Gasteiger partial charge in [0.25, 0.3) is 0 Å². The SMILES string of the molecule is COc1ccc2c(c1)OC(N)=C(C#N)C2c1cc(F)cc(F)c1. The molecule has 0 saturated heterocycles. The maximum atomic E-state index is 13.6. The van der Waals surface area contributed by atoms with Gasteiger partial charge in [-0.05, 0) is 23.8 Å². The second-order valence-electron chi connectivity index (χ2n) is 5.03. The molecule has 23 heavy (non-hydrogen) atoms. The summed E-state index contributed by atoms with van der Waals surface area (Å²) >= 11 is 0. The Balaban J connectivity index is 2.23. The van der Waals surface area contributed by atoms with Gasteiger partial charge in [0.2, 0.25) is 5.88 Å². The molecule has 116 valence electrons. The summed E-state index contributed by atoms with van der Waals surface area (Å²) in [4.78, 5) is 0. The first-order chi connectivity index (χ1) is 11.0. The number of hydrogen-bond acceptors (Lipinski definition) is 4. The van der Waals surface area contributed by atoms with Gasteiger partial charge < -0.3 is 15.2 Å². The third-order valence-electron chi connectivity index (χ3n) is 3.64. The molecule has 1 heterocycles. The van der Waals surface area contributed by atoms with Crippen LogP contribution in [0, 0.1) is 23.0 Å². The van der Waals surface area contributed by atoms with E-state index in [-0.39, 0.29) is 17.0 Å². The molecule has 2 N–H and O–H groups in total. The van der Waals surface area contributed by atoms with Crippen molar-refractivity contribution in [3.8, 4) is 17.6 Å². The molecule has 6 heteroatoms. The van der Waals surface area contributed by atoms with E-state index >= 15 is 0 Å². The summed E-state index contributed by atoms with van der Waals surface area (Å²) < 4.78 is 37.8. The van der Waals surface area contributed by atoms with Crippen molar-refractivity contribution in [2.24, 2.45) is 5.73 Å². The highest BCUT2D eigenvalue weighted by Crippen LogP contribution is 2.43. The Bertz CT molecular complexity index is 836. The lowest BCUT2D eigenvalue weighted by molar-refractivity contribution is 0.381. The topological polar surface area (TPSA) is 68.3 Å². The van der Waals surface area contributed by atoms with Gasteiger partial charge in [-0.25, -0.2) is 8.78 Å². The average Bonchev–Trinajstić information content (AvgIpc) is 2.51. The molecule has 0 aliphatic carbocycles. The summed E-state index contributed by atoms with van der Waals surface area (Å²) in [6.07, 6.45) is 0. The number of ether oxygens (including phenoxy) is 2. The van der Waals surface area contributed by atoms with Gasteiger partial charge in [0.15, 0.2) is 0 Å². The first-order valence-corrected chi connectivity index (χ1v) is 6.75. The lowest BCUT2D eigenvalue weighted by Gasteiger charge is -2.26. The largest absolute Gasteiger partial charge is 0.497 e. The predicted molar refractivity (Wildman–Crippen MR) is 78.6 cm³/mol. The average molecular weight is 314 g/mol. The van der Waals surface area contributed by atoms with Crippen molar-refractivity contribution >= 4 is 0 Å². The van der Waals surface area contributed by atoms with E-state index in [9.17, 15) is 14.0 Å². The van der Waals surface area contributed by atoms with E-state index in [4.69, 9.17) is 15.2 Å². The molecule has 3 rings (SSSR count). The Hall–Kier alpha value is -3.07. The minimum absolute atomic E-state index is 0.0945. The van der Waals surface area contributed by atoms with E-state index in [2.05, 4.69) is 0 Å². The number of fused-ring (bicyclic) bond motifs is 1. The van der Waals surface area contributed by atoms with Crippen molar-refractivity contribution in [3.05, 3.63) is 70.6 Å². The van der Waals surface area contributed by atoms with Crippen molar-refractivity contribution in [3.63, 3.8) is 0 Å². The number of nitrogens with zero attached hydrogens (tertiary/aromatic N) is 1. The van der Waals surface area contributed by atoms with Crippen molar-refractivity contribution in [2.75, 3.05) is 7.11 Å². The molecule has 0 spiro atoms. The van der Waals surface area contributed by atoms with Gasteiger partial charge in [-0.3, -0.25) is 0 Å². The number of halogens is 2. The lowest BCUT2D eigenvalue weighted by atomic mass is 9.83. The fourth-order valence-corrected chi connectivity index (χ4v) is 2.65. The van der Waals surface area contributed by atoms with Gasteiger partial charge in [0.1, 0.15) is 34.8 Å². The first kappa shape index (κ1) is 14.9. The highest BCUT2D eigenvalue weighted by Gasteiger charge is 2.31. The fraction of sp³-hybridized carbons (Fsp3) is 0.118. The highest BCUT2D eigenvalue weighted by atomic mass is 19.1. The summed E-state index contributed by atoms with van der Waals surface area (Å²) in [5.41, 5.74) is 6.78. The molecule has 0 amide bonds. The van der Waals surface area contributed by atoms with E-state index in [1.165, 1.54) is 19.2 Å². The van der Waals surface area contributed by atoms with Crippen LogP contribution >= 0.6 is 0 Å². The Kier molecular flexibility index (Phi) is 3.62. The van der Waals surface area contributed by atoms with E-state index in [1.54, 1.807) is 18.2 Å². The predicted octanol–water partition coefficient (Wildman–Crippen LogP) is 3.19. The Labute approximate surface area is 131 Å². The molecular weight excluding hydrogens is 302 g/mol. The van der Waals surface area contributed by atoms with E-state index in [0.717, 1.165) is 6.07 Å². The normalized spacial score (nSPS) is 16.3. The zero-order valence-electron chi connectivity index (χ0n) is 12.1. The summed E-state index contributed by atoms with van der Waals surface area (Å²) in [6, 6.07) is 10.1. The monoisotopic (exact) mass is 314 g/mol. The van der Waals surface area contributed by atoms with Gasteiger partial charge in [-0.15, -0.1) is 0 Å². The zero-order valence-corrected chi connectivity index (χ0v) is 12.1. The van der Waals surface area contributed by atoms with Crippen molar-refractivity contribution in [1.82, 2.24) is 0 Å². The smallest absolute Gasteiger partial charge is 0.205 e. The highest BCUT2D eigenvalue weighted by molar-refractivity contribution is 5.57. The number of nitriles is 1. The Morgan fingerprint density at radius 1 is 1.17 bits per heavy atom. The van der Waals surface area contributed by atoms with Crippen LogP contribution in [0.4, 0.5) is 8.78 Å². The molecule has 4 nitrogen and oxygen atoms in total. The van der Waals surface area contributed by atoms with Crippen molar-refractivity contribution in [2.45, 2.75) is 5.92 Å². The zero-order chi connectivity index (χ0) is 16.6. The summed E-state index contributed by atoms with van der Waals surface area (Å²) in [7, 11) is 1.50. The maximum Gasteiger partial charge on any atom is 0.205 e. The minimum Gasteiger partial charge on any atom is -0.497 e. The fourth-order valence-electron chi connectivity index (χ4n) is 2.65. The van der Waals surface area contributed by atoms with Crippen LogP contribution in [0.5, 0.6) is 11.5 Å². The van der Waals surface area contributed by atoms with Crippen LogP contribution in [0.15, 0.2) is 47.9 Å². The summed E-state index contributed by atoms with van der Waals surface area (Å²) in [5, 5.41) is 9.38. The molecule has 2 aromatic rings. The molecule has 0 radical (unpaired) electrons.